The minimum absolute atomic E-state index is 0.0733. The summed E-state index contributed by atoms with van der Waals surface area (Å²) in [5, 5.41) is 15.2. The normalized spacial score (nSPS) is 15.3. The lowest BCUT2D eigenvalue weighted by Crippen LogP contribution is -2.42. The Balaban J connectivity index is 1.12. The van der Waals surface area contributed by atoms with Gasteiger partial charge in [0.15, 0.2) is 0 Å². The van der Waals surface area contributed by atoms with Gasteiger partial charge in [-0.15, -0.1) is 0 Å². The first kappa shape index (κ1) is 33.9. The van der Waals surface area contributed by atoms with Crippen molar-refractivity contribution >= 4 is 75.2 Å². The second kappa shape index (κ2) is 13.3. The Hall–Kier alpha value is -4.56. The summed E-state index contributed by atoms with van der Waals surface area (Å²) in [5.74, 6) is -1.46. The number of carbonyl (C=O) groups excluding carboxylic acids is 4. The van der Waals surface area contributed by atoms with Crippen LogP contribution >= 0.6 is 8.53 Å². The lowest BCUT2D eigenvalue weighted by molar-refractivity contribution is 0.0478. The van der Waals surface area contributed by atoms with E-state index in [1.165, 1.54) is 11.9 Å². The number of benzene rings is 5. The van der Waals surface area contributed by atoms with Gasteiger partial charge in [-0.2, -0.15) is 5.26 Å². The van der Waals surface area contributed by atoms with E-state index in [4.69, 9.17) is 19.0 Å². The second-order valence-electron chi connectivity index (χ2n) is 13.1. The molecule has 2 heterocycles. The number of hydrogen-bond donors (Lipinski definition) is 0. The Bertz CT molecular complexity index is 2130. The molecule has 7 rings (SSSR count). The first-order chi connectivity index (χ1) is 24.1. The molecule has 0 saturated carbocycles. The summed E-state index contributed by atoms with van der Waals surface area (Å²) in [6, 6.07) is 17.1. The van der Waals surface area contributed by atoms with Crippen LogP contribution in [0.1, 0.15) is 75.5 Å². The number of nitrogens with zero attached hydrogens (tertiary/aromatic N) is 4. The Morgan fingerprint density at radius 2 is 1.08 bits per heavy atom. The van der Waals surface area contributed by atoms with E-state index in [-0.39, 0.29) is 75.1 Å². The van der Waals surface area contributed by atoms with Crippen LogP contribution in [0.4, 0.5) is 0 Å². The van der Waals surface area contributed by atoms with Gasteiger partial charge in [-0.05, 0) is 84.3 Å². The molecular weight excluding hydrogens is 655 g/mol. The van der Waals surface area contributed by atoms with E-state index in [0.29, 0.717) is 33.0 Å². The lowest BCUT2D eigenvalue weighted by Gasteiger charge is -2.35. The van der Waals surface area contributed by atoms with Crippen LogP contribution in [0, 0.1) is 11.3 Å². The van der Waals surface area contributed by atoms with Crippen molar-refractivity contribution in [2.24, 2.45) is 0 Å². The molecule has 0 radical (unpaired) electrons. The SMILES string of the molecule is CC(C)N(C(C)C)P(OCCC#N)OCCOCCN1C(=O)c2ccc3c4ccc5c6c(ccc(c7ccc(c2c37)C1=O)c64)C(=O)N(C)C5=O. The Morgan fingerprint density at radius 1 is 0.640 bits per heavy atom. The molecule has 0 aliphatic carbocycles. The van der Waals surface area contributed by atoms with Crippen LogP contribution in [-0.4, -0.2) is 90.2 Å². The molecule has 5 aromatic carbocycles. The summed E-state index contributed by atoms with van der Waals surface area (Å²) in [6.45, 7) is 9.24. The number of carbonyl (C=O) groups is 4. The van der Waals surface area contributed by atoms with Gasteiger partial charge in [0, 0.05) is 52.2 Å². The molecule has 0 aromatic heterocycles. The average Bonchev–Trinajstić information content (AvgIpc) is 3.10. The Kier molecular flexibility index (Phi) is 9.01. The predicted molar refractivity (Wildman–Crippen MR) is 191 cm³/mol. The van der Waals surface area contributed by atoms with E-state index in [0.717, 1.165) is 37.2 Å². The maximum absolute atomic E-state index is 13.9. The van der Waals surface area contributed by atoms with Crippen molar-refractivity contribution in [2.75, 3.05) is 40.0 Å². The zero-order valence-electron chi connectivity index (χ0n) is 28.6. The topological polar surface area (TPSA) is 129 Å². The van der Waals surface area contributed by atoms with Gasteiger partial charge in [-0.3, -0.25) is 29.0 Å². The first-order valence-corrected chi connectivity index (χ1v) is 17.9. The van der Waals surface area contributed by atoms with E-state index < -0.39 is 8.53 Å². The summed E-state index contributed by atoms with van der Waals surface area (Å²) >= 11 is 0. The molecule has 0 saturated heterocycles. The average molecular weight is 693 g/mol. The Labute approximate surface area is 290 Å². The fourth-order valence-electron chi connectivity index (χ4n) is 7.39. The summed E-state index contributed by atoms with van der Waals surface area (Å²) in [6.07, 6.45) is 0.271. The maximum atomic E-state index is 13.9. The fraction of sp³-hybridized carbons (Fsp3) is 0.342. The quantitative estimate of drug-likeness (QED) is 0.0427. The van der Waals surface area contributed by atoms with Crippen LogP contribution in [0.2, 0.25) is 0 Å². The highest BCUT2D eigenvalue weighted by atomic mass is 31.2. The largest absolute Gasteiger partial charge is 0.377 e. The van der Waals surface area contributed by atoms with Gasteiger partial charge in [-0.1, -0.05) is 24.3 Å². The molecule has 0 N–H and O–H groups in total. The van der Waals surface area contributed by atoms with Gasteiger partial charge in [-0.25, -0.2) is 4.67 Å². The molecular formula is C38H37N4O7P. The zero-order chi connectivity index (χ0) is 35.4. The van der Waals surface area contributed by atoms with Crippen LogP contribution in [0.3, 0.4) is 0 Å². The lowest BCUT2D eigenvalue weighted by atomic mass is 9.82. The molecule has 50 heavy (non-hydrogen) atoms. The van der Waals surface area contributed by atoms with Crippen LogP contribution in [-0.2, 0) is 13.8 Å². The molecule has 5 aromatic rings. The van der Waals surface area contributed by atoms with E-state index in [9.17, 15) is 19.2 Å². The van der Waals surface area contributed by atoms with E-state index in [1.54, 1.807) is 24.3 Å². The third-order valence-electron chi connectivity index (χ3n) is 9.47. The highest BCUT2D eigenvalue weighted by Crippen LogP contribution is 2.47. The zero-order valence-corrected chi connectivity index (χ0v) is 29.5. The highest BCUT2D eigenvalue weighted by molar-refractivity contribution is 7.44. The van der Waals surface area contributed by atoms with E-state index in [1.807, 2.05) is 24.3 Å². The van der Waals surface area contributed by atoms with Crippen molar-refractivity contribution in [3.8, 4) is 6.07 Å². The standard InChI is InChI=1S/C38H37N4O7P/c1-21(2)42(22(3)4)50(48-17-6-15-39)49-20-19-47-18-16-41-37(45)29-13-9-25-23-7-11-27-33-28(36(44)40(5)35(27)43)12-8-24(31(23)33)26-10-14-30(38(41)46)34(29)32(25)26/h7-14,21-22H,6,16-20H2,1-5H3. The summed E-state index contributed by atoms with van der Waals surface area (Å²) in [7, 11) is 0.0958. The molecule has 1 atom stereocenters. The van der Waals surface area contributed by atoms with Gasteiger partial charge in [0.2, 0.25) is 0 Å². The number of imide groups is 2. The van der Waals surface area contributed by atoms with Crippen molar-refractivity contribution in [2.45, 2.75) is 46.2 Å². The van der Waals surface area contributed by atoms with Crippen molar-refractivity contribution < 1.29 is 33.0 Å². The highest BCUT2D eigenvalue weighted by Gasteiger charge is 2.36. The van der Waals surface area contributed by atoms with Crippen molar-refractivity contribution in [1.29, 1.82) is 5.26 Å². The number of rotatable bonds is 13. The molecule has 256 valence electrons. The molecule has 4 amide bonds. The number of nitriles is 1. The molecule has 11 nitrogen and oxygen atoms in total. The van der Waals surface area contributed by atoms with Crippen LogP contribution in [0.5, 0.6) is 0 Å². The molecule has 1 unspecified atom stereocenters. The maximum Gasteiger partial charge on any atom is 0.261 e. The van der Waals surface area contributed by atoms with Gasteiger partial charge < -0.3 is 13.8 Å². The van der Waals surface area contributed by atoms with Crippen LogP contribution in [0.15, 0.2) is 48.5 Å². The third kappa shape index (κ3) is 5.31. The minimum Gasteiger partial charge on any atom is -0.377 e. The number of fused-ring (bicyclic) bond motifs is 2. The van der Waals surface area contributed by atoms with E-state index in [2.05, 4.69) is 38.4 Å². The minimum atomic E-state index is -1.39. The summed E-state index contributed by atoms with van der Waals surface area (Å²) < 4.78 is 19.9. The smallest absolute Gasteiger partial charge is 0.261 e. The fourth-order valence-corrected chi connectivity index (χ4v) is 8.96. The van der Waals surface area contributed by atoms with Crippen molar-refractivity contribution in [1.82, 2.24) is 14.5 Å². The van der Waals surface area contributed by atoms with Crippen LogP contribution < -0.4 is 0 Å². The molecule has 0 bridgehead atoms. The summed E-state index contributed by atoms with van der Waals surface area (Å²) in [5.41, 5.74) is 1.83. The number of hydrogen-bond acceptors (Lipinski definition) is 9. The van der Waals surface area contributed by atoms with Gasteiger partial charge in [0.1, 0.15) is 0 Å². The first-order valence-electron chi connectivity index (χ1n) is 16.7. The molecule has 2 aliphatic heterocycles. The number of amides is 4. The van der Waals surface area contributed by atoms with Gasteiger partial charge in [0.05, 0.1) is 45.5 Å². The third-order valence-corrected chi connectivity index (χ3v) is 11.6. The molecule has 0 fully saturated rings. The van der Waals surface area contributed by atoms with Crippen LogP contribution in [0.25, 0.3) is 43.1 Å². The van der Waals surface area contributed by atoms with Crippen molar-refractivity contribution in [3.63, 3.8) is 0 Å². The summed E-state index contributed by atoms with van der Waals surface area (Å²) in [4.78, 5) is 56.2. The number of ether oxygens (including phenoxy) is 1. The van der Waals surface area contributed by atoms with Crippen molar-refractivity contribution in [3.05, 3.63) is 70.8 Å². The monoisotopic (exact) mass is 692 g/mol. The molecule has 12 heteroatoms. The molecule has 0 spiro atoms. The predicted octanol–water partition coefficient (Wildman–Crippen LogP) is 6.87. The second-order valence-corrected chi connectivity index (χ2v) is 14.5. The Morgan fingerprint density at radius 3 is 1.52 bits per heavy atom. The van der Waals surface area contributed by atoms with Gasteiger partial charge in [0.25, 0.3) is 32.2 Å². The van der Waals surface area contributed by atoms with E-state index >= 15 is 0 Å². The van der Waals surface area contributed by atoms with Gasteiger partial charge >= 0.3 is 0 Å². The molecule has 2 aliphatic rings.